The molecule has 3 N–H and O–H groups in total. The van der Waals surface area contributed by atoms with Gasteiger partial charge >= 0.3 is 0 Å². The van der Waals surface area contributed by atoms with E-state index >= 15 is 0 Å². The number of aromatic hydroxyl groups is 1. The van der Waals surface area contributed by atoms with E-state index in [1.165, 1.54) is 12.3 Å². The second kappa shape index (κ2) is 7.64. The van der Waals surface area contributed by atoms with Crippen molar-refractivity contribution < 1.29 is 14.3 Å². The zero-order valence-electron chi connectivity index (χ0n) is 18.0. The first kappa shape index (κ1) is 21.3. The van der Waals surface area contributed by atoms with E-state index in [4.69, 9.17) is 0 Å². The molecule has 2 aromatic carbocycles. The Labute approximate surface area is 181 Å². The van der Waals surface area contributed by atoms with Crippen LogP contribution in [-0.4, -0.2) is 30.7 Å². The largest absolute Gasteiger partial charge is 0.508 e. The van der Waals surface area contributed by atoms with Gasteiger partial charge in [-0.1, -0.05) is 44.3 Å². The highest BCUT2D eigenvalue weighted by Gasteiger charge is 2.42. The zero-order chi connectivity index (χ0) is 22.4. The summed E-state index contributed by atoms with van der Waals surface area (Å²) in [7, 11) is -1.90. The number of aromatic amines is 1. The summed E-state index contributed by atoms with van der Waals surface area (Å²) in [6.07, 6.45) is 3.70. The van der Waals surface area contributed by atoms with Crippen LogP contribution < -0.4 is 15.9 Å². The number of phenolic OH excluding ortho intramolecular Hbond substituents is 1. The van der Waals surface area contributed by atoms with E-state index < -0.39 is 26.1 Å². The van der Waals surface area contributed by atoms with Crippen molar-refractivity contribution in [2.45, 2.75) is 44.3 Å². The second-order valence-electron chi connectivity index (χ2n) is 9.46. The molecule has 4 rings (SSSR count). The van der Waals surface area contributed by atoms with Crippen molar-refractivity contribution in [1.82, 2.24) is 4.98 Å². The monoisotopic (exact) mass is 438 g/mol. The molecule has 0 aliphatic heterocycles. The van der Waals surface area contributed by atoms with Crippen LogP contribution in [0.5, 0.6) is 5.75 Å². The lowest BCUT2D eigenvalue weighted by Gasteiger charge is -2.42. The number of carbonyl (C=O) groups is 1. The summed E-state index contributed by atoms with van der Waals surface area (Å²) in [5.41, 5.74) is 0.672. The van der Waals surface area contributed by atoms with Crippen LogP contribution in [0.4, 0.5) is 10.1 Å². The van der Waals surface area contributed by atoms with Gasteiger partial charge in [-0.25, -0.2) is 0 Å². The van der Waals surface area contributed by atoms with Crippen LogP contribution >= 0.6 is 0 Å². The number of H-pyrrole nitrogens is 1. The first-order chi connectivity index (χ1) is 14.7. The van der Waals surface area contributed by atoms with E-state index in [0.29, 0.717) is 35.0 Å². The normalized spacial score (nSPS) is 15.5. The molecule has 0 radical (unpaired) electrons. The van der Waals surface area contributed by atoms with Gasteiger partial charge in [-0.2, -0.15) is 0 Å². The Bertz CT molecular complexity index is 1220. The highest BCUT2D eigenvalue weighted by molar-refractivity contribution is 6.89. The van der Waals surface area contributed by atoms with Crippen LogP contribution in [0.15, 0.2) is 47.4 Å². The van der Waals surface area contributed by atoms with Gasteiger partial charge in [0.05, 0.1) is 14.7 Å². The number of nitrogens with one attached hydrogen (secondary N) is 2. The number of aromatic nitrogens is 1. The molecule has 1 heterocycles. The molecule has 0 unspecified atom stereocenters. The number of rotatable bonds is 5. The molecule has 31 heavy (non-hydrogen) atoms. The lowest BCUT2D eigenvalue weighted by atomic mass is 9.65. The number of alkyl halides is 1. The third kappa shape index (κ3) is 3.67. The highest BCUT2D eigenvalue weighted by Crippen LogP contribution is 2.47. The minimum absolute atomic E-state index is 0.0266. The molecule has 1 fully saturated rings. The topological polar surface area (TPSA) is 82.2 Å². The standard InChI is InChI=1S/C24H27FN2O3Si/c1-31(2,3)21-11-17(24(14-25)9-6-10-24)19(12-20(21)28)27-23(30)16-13-26-18-8-5-4-7-15(18)22(16)29/h4-5,7-8,11-13,28H,6,9-10,14H2,1-3H3,(H,26,29)(H,27,30). The third-order valence-electron chi connectivity index (χ3n) is 6.36. The second-order valence-corrected chi connectivity index (χ2v) is 14.5. The Hall–Kier alpha value is -2.93. The van der Waals surface area contributed by atoms with Crippen molar-refractivity contribution in [2.75, 3.05) is 12.0 Å². The number of para-hydroxylation sites is 1. The van der Waals surface area contributed by atoms with Gasteiger partial charge in [0.1, 0.15) is 11.3 Å². The van der Waals surface area contributed by atoms with E-state index in [9.17, 15) is 19.1 Å². The number of anilines is 1. The number of fused-ring (bicyclic) bond motifs is 1. The van der Waals surface area contributed by atoms with Crippen molar-refractivity contribution in [3.05, 3.63) is 63.9 Å². The fourth-order valence-electron chi connectivity index (χ4n) is 4.34. The van der Waals surface area contributed by atoms with Gasteiger partial charge in [-0.15, -0.1) is 0 Å². The number of benzene rings is 2. The minimum atomic E-state index is -1.90. The molecule has 3 aromatic rings. The van der Waals surface area contributed by atoms with Gasteiger partial charge in [0, 0.05) is 34.3 Å². The van der Waals surface area contributed by atoms with Crippen LogP contribution in [0, 0.1) is 0 Å². The summed E-state index contributed by atoms with van der Waals surface area (Å²) < 4.78 is 14.2. The third-order valence-corrected chi connectivity index (χ3v) is 8.38. The average Bonchev–Trinajstić information content (AvgIpc) is 2.68. The van der Waals surface area contributed by atoms with Gasteiger partial charge < -0.3 is 15.4 Å². The number of hydrogen-bond donors (Lipinski definition) is 3. The maximum atomic E-state index is 14.2. The Balaban J connectivity index is 1.79. The van der Waals surface area contributed by atoms with Crippen LogP contribution in [0.3, 0.4) is 0 Å². The van der Waals surface area contributed by atoms with Gasteiger partial charge in [0.25, 0.3) is 5.91 Å². The molecule has 1 aliphatic carbocycles. The number of halogens is 1. The summed E-state index contributed by atoms with van der Waals surface area (Å²) in [4.78, 5) is 28.9. The summed E-state index contributed by atoms with van der Waals surface area (Å²) in [5.74, 6) is -0.485. The predicted octanol–water partition coefficient (Wildman–Crippen LogP) is 4.42. The highest BCUT2D eigenvalue weighted by atomic mass is 28.3. The lowest BCUT2D eigenvalue weighted by molar-refractivity contribution is 0.102. The van der Waals surface area contributed by atoms with Crippen LogP contribution in [0.25, 0.3) is 10.9 Å². The average molecular weight is 439 g/mol. The van der Waals surface area contributed by atoms with Crippen molar-refractivity contribution in [3.8, 4) is 5.75 Å². The Morgan fingerprint density at radius 3 is 2.55 bits per heavy atom. The summed E-state index contributed by atoms with van der Waals surface area (Å²) in [6.45, 7) is 5.81. The van der Waals surface area contributed by atoms with Crippen LogP contribution in [0.1, 0.15) is 35.2 Å². The fraction of sp³-hybridized carbons (Fsp3) is 0.333. The number of hydrogen-bond acceptors (Lipinski definition) is 3. The molecule has 1 amide bonds. The predicted molar refractivity (Wildman–Crippen MR) is 125 cm³/mol. The van der Waals surface area contributed by atoms with Crippen molar-refractivity contribution in [3.63, 3.8) is 0 Å². The molecule has 1 saturated carbocycles. The Kier molecular flexibility index (Phi) is 5.25. The van der Waals surface area contributed by atoms with Gasteiger partial charge in [0.15, 0.2) is 0 Å². The number of phenols is 1. The molecule has 0 atom stereocenters. The number of amides is 1. The SMILES string of the molecule is C[Si](C)(C)c1cc(C2(CF)CCC2)c(NC(=O)c2c[nH]c3ccccc3c2=O)cc1O. The number of carbonyl (C=O) groups excluding carboxylic acids is 1. The summed E-state index contributed by atoms with van der Waals surface area (Å²) in [6, 6.07) is 10.4. The fourth-order valence-corrected chi connectivity index (χ4v) is 5.75. The molecule has 0 spiro atoms. The molecule has 162 valence electrons. The molecule has 5 nitrogen and oxygen atoms in total. The van der Waals surface area contributed by atoms with Crippen molar-refractivity contribution in [1.29, 1.82) is 0 Å². The van der Waals surface area contributed by atoms with E-state index in [-0.39, 0.29) is 16.7 Å². The maximum absolute atomic E-state index is 14.2. The molecular formula is C24H27FN2O3Si. The van der Waals surface area contributed by atoms with Gasteiger partial charge in [0.2, 0.25) is 5.43 Å². The molecule has 1 aliphatic rings. The summed E-state index contributed by atoms with van der Waals surface area (Å²) in [5, 5.41) is 14.7. The van der Waals surface area contributed by atoms with Gasteiger partial charge in [-0.3, -0.25) is 14.0 Å². The molecular weight excluding hydrogens is 411 g/mol. The smallest absolute Gasteiger partial charge is 0.261 e. The Morgan fingerprint density at radius 1 is 1.23 bits per heavy atom. The Morgan fingerprint density at radius 2 is 1.94 bits per heavy atom. The molecule has 7 heteroatoms. The van der Waals surface area contributed by atoms with E-state index in [0.717, 1.165) is 11.6 Å². The van der Waals surface area contributed by atoms with E-state index in [2.05, 4.69) is 29.9 Å². The van der Waals surface area contributed by atoms with Crippen LogP contribution in [-0.2, 0) is 5.41 Å². The van der Waals surface area contributed by atoms with Crippen molar-refractivity contribution in [2.24, 2.45) is 0 Å². The number of pyridine rings is 1. The molecule has 0 bridgehead atoms. The maximum Gasteiger partial charge on any atom is 0.261 e. The van der Waals surface area contributed by atoms with E-state index in [1.54, 1.807) is 18.2 Å². The zero-order valence-corrected chi connectivity index (χ0v) is 19.0. The molecule has 1 aromatic heterocycles. The molecule has 0 saturated heterocycles. The van der Waals surface area contributed by atoms with Gasteiger partial charge in [-0.05, 0) is 35.7 Å². The first-order valence-corrected chi connectivity index (χ1v) is 14.0. The van der Waals surface area contributed by atoms with E-state index in [1.807, 2.05) is 12.1 Å². The van der Waals surface area contributed by atoms with Crippen LogP contribution in [0.2, 0.25) is 19.6 Å². The quantitative estimate of drug-likeness (QED) is 0.516. The van der Waals surface area contributed by atoms with Crippen molar-refractivity contribution >= 4 is 35.8 Å². The first-order valence-electron chi connectivity index (χ1n) is 10.5. The minimum Gasteiger partial charge on any atom is -0.508 e. The lowest BCUT2D eigenvalue weighted by Crippen LogP contribution is -2.42. The summed E-state index contributed by atoms with van der Waals surface area (Å²) >= 11 is 0.